The summed E-state index contributed by atoms with van der Waals surface area (Å²) in [5, 5.41) is 6.73. The summed E-state index contributed by atoms with van der Waals surface area (Å²) in [6.07, 6.45) is 0. The normalized spacial score (nSPS) is 11.2. The summed E-state index contributed by atoms with van der Waals surface area (Å²) in [6.45, 7) is 2.99. The van der Waals surface area contributed by atoms with Crippen molar-refractivity contribution >= 4 is 11.6 Å². The standard InChI is InChI=1S/C21H30N4O2/c1-22-21(25(2)16-18-7-11-20(27-4)12-8-18)24-15-17-5-9-19(10-6-17)23-13-14-26-3/h5-12,23H,13-16H2,1-4H3,(H,22,24). The Balaban J connectivity index is 1.84. The highest BCUT2D eigenvalue weighted by Crippen LogP contribution is 2.13. The van der Waals surface area contributed by atoms with Crippen molar-refractivity contribution in [2.45, 2.75) is 13.1 Å². The molecule has 2 N–H and O–H groups in total. The number of hydrogen-bond donors (Lipinski definition) is 2. The summed E-state index contributed by atoms with van der Waals surface area (Å²) >= 11 is 0. The number of anilines is 1. The molecular formula is C21H30N4O2. The van der Waals surface area contributed by atoms with E-state index >= 15 is 0 Å². The maximum absolute atomic E-state index is 5.21. The molecule has 2 rings (SSSR count). The van der Waals surface area contributed by atoms with Crippen molar-refractivity contribution in [2.75, 3.05) is 46.8 Å². The van der Waals surface area contributed by atoms with Gasteiger partial charge in [0.1, 0.15) is 5.75 Å². The minimum atomic E-state index is 0.695. The van der Waals surface area contributed by atoms with Crippen LogP contribution in [0, 0.1) is 0 Å². The van der Waals surface area contributed by atoms with Gasteiger partial charge in [-0.3, -0.25) is 4.99 Å². The number of aliphatic imine (C=N–C) groups is 1. The SMILES string of the molecule is CN=C(NCc1ccc(NCCOC)cc1)N(C)Cc1ccc(OC)cc1. The van der Waals surface area contributed by atoms with Gasteiger partial charge in [0, 0.05) is 46.5 Å². The Labute approximate surface area is 162 Å². The molecular weight excluding hydrogens is 340 g/mol. The number of benzene rings is 2. The van der Waals surface area contributed by atoms with Crippen molar-refractivity contribution in [1.82, 2.24) is 10.2 Å². The molecule has 146 valence electrons. The van der Waals surface area contributed by atoms with Gasteiger partial charge in [0.05, 0.1) is 13.7 Å². The molecule has 6 heteroatoms. The van der Waals surface area contributed by atoms with Crippen LogP contribution in [0.1, 0.15) is 11.1 Å². The molecule has 0 fully saturated rings. The van der Waals surface area contributed by atoms with Crippen LogP contribution in [-0.4, -0.2) is 52.3 Å². The molecule has 0 aliphatic carbocycles. The fourth-order valence-corrected chi connectivity index (χ4v) is 2.68. The van der Waals surface area contributed by atoms with E-state index in [1.807, 2.05) is 19.2 Å². The maximum Gasteiger partial charge on any atom is 0.193 e. The second-order valence-corrected chi connectivity index (χ2v) is 6.22. The van der Waals surface area contributed by atoms with Gasteiger partial charge in [-0.25, -0.2) is 0 Å². The highest BCUT2D eigenvalue weighted by Gasteiger charge is 2.07. The molecule has 0 bridgehead atoms. The van der Waals surface area contributed by atoms with Crippen LogP contribution in [0.3, 0.4) is 0 Å². The Hall–Kier alpha value is -2.73. The molecule has 27 heavy (non-hydrogen) atoms. The van der Waals surface area contributed by atoms with E-state index in [1.165, 1.54) is 11.1 Å². The van der Waals surface area contributed by atoms with Crippen LogP contribution in [0.5, 0.6) is 5.75 Å². The van der Waals surface area contributed by atoms with Gasteiger partial charge >= 0.3 is 0 Å². The number of rotatable bonds is 9. The molecule has 0 saturated heterocycles. The van der Waals surface area contributed by atoms with Gasteiger partial charge in [-0.15, -0.1) is 0 Å². The molecule has 0 amide bonds. The number of ether oxygens (including phenoxy) is 2. The second-order valence-electron chi connectivity index (χ2n) is 6.22. The Bertz CT molecular complexity index is 699. The number of methoxy groups -OCH3 is 2. The van der Waals surface area contributed by atoms with Crippen LogP contribution >= 0.6 is 0 Å². The van der Waals surface area contributed by atoms with E-state index in [2.05, 4.69) is 56.9 Å². The zero-order valence-corrected chi connectivity index (χ0v) is 16.7. The molecule has 2 aromatic carbocycles. The van der Waals surface area contributed by atoms with E-state index in [1.54, 1.807) is 21.3 Å². The molecule has 0 radical (unpaired) electrons. The lowest BCUT2D eigenvalue weighted by molar-refractivity contribution is 0.211. The molecule has 0 aliphatic heterocycles. The van der Waals surface area contributed by atoms with Crippen LogP contribution < -0.4 is 15.4 Å². The van der Waals surface area contributed by atoms with E-state index in [-0.39, 0.29) is 0 Å². The lowest BCUT2D eigenvalue weighted by atomic mass is 10.2. The summed E-state index contributed by atoms with van der Waals surface area (Å²) in [5.41, 5.74) is 3.50. The van der Waals surface area contributed by atoms with Crippen molar-refractivity contribution in [3.63, 3.8) is 0 Å². The number of hydrogen-bond acceptors (Lipinski definition) is 4. The summed E-state index contributed by atoms with van der Waals surface area (Å²) < 4.78 is 10.3. The predicted octanol–water partition coefficient (Wildman–Crippen LogP) is 2.96. The average Bonchev–Trinajstić information content (AvgIpc) is 2.70. The first kappa shape index (κ1) is 20.6. The minimum absolute atomic E-state index is 0.695. The first-order valence-electron chi connectivity index (χ1n) is 9.02. The lowest BCUT2D eigenvalue weighted by Crippen LogP contribution is -2.38. The largest absolute Gasteiger partial charge is 0.497 e. The highest BCUT2D eigenvalue weighted by atomic mass is 16.5. The van der Waals surface area contributed by atoms with E-state index in [0.717, 1.165) is 37.0 Å². The van der Waals surface area contributed by atoms with Gasteiger partial charge < -0.3 is 25.0 Å². The fourth-order valence-electron chi connectivity index (χ4n) is 2.68. The zero-order valence-electron chi connectivity index (χ0n) is 16.7. The Morgan fingerprint density at radius 1 is 1.00 bits per heavy atom. The van der Waals surface area contributed by atoms with Crippen molar-refractivity contribution in [3.8, 4) is 5.75 Å². The molecule has 0 aromatic heterocycles. The third-order valence-electron chi connectivity index (χ3n) is 4.19. The van der Waals surface area contributed by atoms with E-state index in [0.29, 0.717) is 6.61 Å². The lowest BCUT2D eigenvalue weighted by Gasteiger charge is -2.22. The van der Waals surface area contributed by atoms with Crippen molar-refractivity contribution in [3.05, 3.63) is 59.7 Å². The number of nitrogens with zero attached hydrogens (tertiary/aromatic N) is 2. The quantitative estimate of drug-likeness (QED) is 0.404. The van der Waals surface area contributed by atoms with Gasteiger partial charge in [0.2, 0.25) is 0 Å². The topological polar surface area (TPSA) is 58.1 Å². The first-order chi connectivity index (χ1) is 13.2. The molecule has 0 atom stereocenters. The van der Waals surface area contributed by atoms with Crippen molar-refractivity contribution in [1.29, 1.82) is 0 Å². The highest BCUT2D eigenvalue weighted by molar-refractivity contribution is 5.79. The van der Waals surface area contributed by atoms with E-state index in [4.69, 9.17) is 9.47 Å². The van der Waals surface area contributed by atoms with Gasteiger partial charge in [0.15, 0.2) is 5.96 Å². The monoisotopic (exact) mass is 370 g/mol. The molecule has 6 nitrogen and oxygen atoms in total. The van der Waals surface area contributed by atoms with Gasteiger partial charge in [0.25, 0.3) is 0 Å². The van der Waals surface area contributed by atoms with Crippen molar-refractivity contribution < 1.29 is 9.47 Å². The van der Waals surface area contributed by atoms with Crippen LogP contribution in [0.25, 0.3) is 0 Å². The van der Waals surface area contributed by atoms with E-state index in [9.17, 15) is 0 Å². The van der Waals surface area contributed by atoms with Gasteiger partial charge in [-0.2, -0.15) is 0 Å². The summed E-state index contributed by atoms with van der Waals surface area (Å²) in [7, 11) is 7.21. The Morgan fingerprint density at radius 3 is 2.26 bits per heavy atom. The van der Waals surface area contributed by atoms with E-state index < -0.39 is 0 Å². The third-order valence-corrected chi connectivity index (χ3v) is 4.19. The maximum atomic E-state index is 5.21. The van der Waals surface area contributed by atoms with Crippen LogP contribution in [0.2, 0.25) is 0 Å². The molecule has 0 aliphatic rings. The number of guanidine groups is 1. The third kappa shape index (κ3) is 6.83. The van der Waals surface area contributed by atoms with Crippen LogP contribution in [0.4, 0.5) is 5.69 Å². The Morgan fingerprint density at radius 2 is 1.67 bits per heavy atom. The molecule has 0 spiro atoms. The smallest absolute Gasteiger partial charge is 0.193 e. The second kappa shape index (κ2) is 11.1. The van der Waals surface area contributed by atoms with Gasteiger partial charge in [-0.05, 0) is 35.4 Å². The first-order valence-corrected chi connectivity index (χ1v) is 9.02. The Kier molecular flexibility index (Phi) is 8.45. The zero-order chi connectivity index (χ0) is 19.5. The van der Waals surface area contributed by atoms with Gasteiger partial charge in [-0.1, -0.05) is 24.3 Å². The molecule has 0 unspecified atom stereocenters. The molecule has 0 heterocycles. The predicted molar refractivity (Wildman–Crippen MR) is 111 cm³/mol. The summed E-state index contributed by atoms with van der Waals surface area (Å²) in [5.74, 6) is 1.72. The number of nitrogens with one attached hydrogen (secondary N) is 2. The van der Waals surface area contributed by atoms with Crippen LogP contribution in [0.15, 0.2) is 53.5 Å². The summed E-state index contributed by atoms with van der Waals surface area (Å²) in [6, 6.07) is 16.5. The molecule has 0 saturated carbocycles. The summed E-state index contributed by atoms with van der Waals surface area (Å²) in [4.78, 5) is 6.48. The van der Waals surface area contributed by atoms with Crippen molar-refractivity contribution in [2.24, 2.45) is 4.99 Å². The fraction of sp³-hybridized carbons (Fsp3) is 0.381. The minimum Gasteiger partial charge on any atom is -0.497 e. The average molecular weight is 370 g/mol. The van der Waals surface area contributed by atoms with Crippen LogP contribution in [-0.2, 0) is 17.8 Å². The molecule has 2 aromatic rings.